The molecule has 1 N–H and O–H groups in total. The highest BCUT2D eigenvalue weighted by Gasteiger charge is 2.40. The molecule has 2 atom stereocenters. The van der Waals surface area contributed by atoms with Crippen molar-refractivity contribution in [3.05, 3.63) is 23.8 Å². The standard InChI is InChI=1S/C24H34N2O4/c1-23(2,3)30-22(27)26-18-8-7-13-24(15-18,16-25)17-11-12-20(28-4)21(14-17)29-19-9-5-6-10-19/h11-12,14,18-19H,5-10,13,15H2,1-4H3,(H,26,27)/t18-,24+/m1/s1. The summed E-state index contributed by atoms with van der Waals surface area (Å²) in [6.07, 6.45) is 7.27. The lowest BCUT2D eigenvalue weighted by Crippen LogP contribution is -2.45. The van der Waals surface area contributed by atoms with E-state index in [4.69, 9.17) is 14.2 Å². The molecule has 0 bridgehead atoms. The lowest BCUT2D eigenvalue weighted by molar-refractivity contribution is 0.0485. The van der Waals surface area contributed by atoms with Crippen LogP contribution >= 0.6 is 0 Å². The lowest BCUT2D eigenvalue weighted by atomic mass is 9.68. The maximum Gasteiger partial charge on any atom is 0.407 e. The Morgan fingerprint density at radius 1 is 1.17 bits per heavy atom. The van der Waals surface area contributed by atoms with Crippen molar-refractivity contribution in [2.75, 3.05) is 7.11 Å². The molecule has 2 aliphatic carbocycles. The number of benzene rings is 1. The van der Waals surface area contributed by atoms with Gasteiger partial charge in [-0.1, -0.05) is 6.07 Å². The molecule has 1 aromatic carbocycles. The van der Waals surface area contributed by atoms with Crippen LogP contribution in [0.1, 0.15) is 77.7 Å². The van der Waals surface area contributed by atoms with Gasteiger partial charge in [-0.2, -0.15) is 5.26 Å². The fraction of sp³-hybridized carbons (Fsp3) is 0.667. The maximum absolute atomic E-state index is 12.2. The van der Waals surface area contributed by atoms with Gasteiger partial charge in [-0.05, 0) is 89.8 Å². The van der Waals surface area contributed by atoms with Crippen LogP contribution in [0, 0.1) is 11.3 Å². The topological polar surface area (TPSA) is 80.6 Å². The van der Waals surface area contributed by atoms with Crippen molar-refractivity contribution >= 4 is 6.09 Å². The highest BCUT2D eigenvalue weighted by Crippen LogP contribution is 2.43. The number of ether oxygens (including phenoxy) is 3. The van der Waals surface area contributed by atoms with E-state index in [1.807, 2.05) is 39.0 Å². The number of rotatable bonds is 5. The van der Waals surface area contributed by atoms with Gasteiger partial charge in [0.25, 0.3) is 0 Å². The number of alkyl carbamates (subject to hydrolysis) is 1. The van der Waals surface area contributed by atoms with Crippen LogP contribution in [-0.2, 0) is 10.2 Å². The first-order valence-corrected chi connectivity index (χ1v) is 11.0. The monoisotopic (exact) mass is 414 g/mol. The first-order valence-electron chi connectivity index (χ1n) is 11.0. The Labute approximate surface area is 179 Å². The van der Waals surface area contributed by atoms with E-state index in [0.29, 0.717) is 17.9 Å². The Bertz CT molecular complexity index is 789. The number of methoxy groups -OCH3 is 1. The molecule has 6 heteroatoms. The van der Waals surface area contributed by atoms with Crippen LogP contribution in [0.15, 0.2) is 18.2 Å². The number of nitrogens with one attached hydrogen (secondary N) is 1. The SMILES string of the molecule is COc1ccc([C@@]2(C#N)CCC[C@@H](NC(=O)OC(C)(C)C)C2)cc1OC1CCCC1. The Balaban J connectivity index is 1.79. The second-order valence-electron chi connectivity index (χ2n) is 9.52. The third-order valence-electron chi connectivity index (χ3n) is 6.00. The molecule has 3 rings (SSSR count). The van der Waals surface area contributed by atoms with E-state index in [9.17, 15) is 10.1 Å². The summed E-state index contributed by atoms with van der Waals surface area (Å²) < 4.78 is 17.1. The molecule has 1 aromatic rings. The summed E-state index contributed by atoms with van der Waals surface area (Å²) in [5.74, 6) is 1.40. The van der Waals surface area contributed by atoms with E-state index in [0.717, 1.165) is 37.7 Å². The normalized spacial score (nSPS) is 24.7. The molecule has 0 radical (unpaired) electrons. The lowest BCUT2D eigenvalue weighted by Gasteiger charge is -2.37. The largest absolute Gasteiger partial charge is 0.493 e. The summed E-state index contributed by atoms with van der Waals surface area (Å²) >= 11 is 0. The quantitative estimate of drug-likeness (QED) is 0.712. The van der Waals surface area contributed by atoms with Crippen molar-refractivity contribution < 1.29 is 19.0 Å². The van der Waals surface area contributed by atoms with Gasteiger partial charge >= 0.3 is 6.09 Å². The van der Waals surface area contributed by atoms with Crippen LogP contribution in [0.25, 0.3) is 0 Å². The molecule has 0 aromatic heterocycles. The molecule has 0 spiro atoms. The molecule has 0 saturated heterocycles. The zero-order valence-electron chi connectivity index (χ0n) is 18.6. The molecule has 1 amide bonds. The van der Waals surface area contributed by atoms with E-state index >= 15 is 0 Å². The van der Waals surface area contributed by atoms with Gasteiger partial charge in [0.15, 0.2) is 11.5 Å². The minimum atomic E-state index is -0.669. The molecular formula is C24H34N2O4. The molecule has 6 nitrogen and oxygen atoms in total. The fourth-order valence-corrected chi connectivity index (χ4v) is 4.55. The minimum absolute atomic E-state index is 0.102. The predicted molar refractivity (Wildman–Crippen MR) is 115 cm³/mol. The van der Waals surface area contributed by atoms with Gasteiger partial charge in [0.1, 0.15) is 5.60 Å². The summed E-state index contributed by atoms with van der Waals surface area (Å²) in [4.78, 5) is 12.2. The molecule has 2 fully saturated rings. The first-order chi connectivity index (χ1) is 14.2. The number of hydrogen-bond donors (Lipinski definition) is 1. The van der Waals surface area contributed by atoms with Crippen LogP contribution < -0.4 is 14.8 Å². The van der Waals surface area contributed by atoms with Crippen LogP contribution in [0.4, 0.5) is 4.79 Å². The number of carbonyl (C=O) groups excluding carboxylic acids is 1. The number of hydrogen-bond acceptors (Lipinski definition) is 5. The second kappa shape index (κ2) is 9.16. The third-order valence-corrected chi connectivity index (χ3v) is 6.00. The third kappa shape index (κ3) is 5.38. The summed E-state index contributed by atoms with van der Waals surface area (Å²) in [6.45, 7) is 5.53. The highest BCUT2D eigenvalue weighted by molar-refractivity contribution is 5.68. The zero-order chi connectivity index (χ0) is 21.8. The summed E-state index contributed by atoms with van der Waals surface area (Å²) in [7, 11) is 1.64. The van der Waals surface area contributed by atoms with Gasteiger partial charge in [-0.3, -0.25) is 0 Å². The van der Waals surface area contributed by atoms with E-state index in [2.05, 4.69) is 11.4 Å². The van der Waals surface area contributed by atoms with E-state index in [-0.39, 0.29) is 12.1 Å². The van der Waals surface area contributed by atoms with Crippen LogP contribution in [0.3, 0.4) is 0 Å². The average molecular weight is 415 g/mol. The minimum Gasteiger partial charge on any atom is -0.493 e. The number of nitrogens with zero attached hydrogens (tertiary/aromatic N) is 1. The fourth-order valence-electron chi connectivity index (χ4n) is 4.55. The Kier molecular flexibility index (Phi) is 6.80. The van der Waals surface area contributed by atoms with Crippen molar-refractivity contribution in [3.63, 3.8) is 0 Å². The van der Waals surface area contributed by atoms with Gasteiger partial charge < -0.3 is 19.5 Å². The molecule has 0 unspecified atom stereocenters. The molecule has 164 valence electrons. The van der Waals surface area contributed by atoms with Crippen molar-refractivity contribution in [2.45, 2.75) is 95.3 Å². The molecule has 0 aliphatic heterocycles. The number of nitriles is 1. The first kappa shape index (κ1) is 22.3. The molecule has 0 heterocycles. The Morgan fingerprint density at radius 2 is 1.90 bits per heavy atom. The smallest absolute Gasteiger partial charge is 0.407 e. The molecule has 30 heavy (non-hydrogen) atoms. The second-order valence-corrected chi connectivity index (χ2v) is 9.52. The van der Waals surface area contributed by atoms with E-state index < -0.39 is 17.1 Å². The van der Waals surface area contributed by atoms with Crippen LogP contribution in [-0.4, -0.2) is 30.9 Å². The Hall–Kier alpha value is -2.42. The average Bonchev–Trinajstić information content (AvgIpc) is 3.19. The summed E-state index contributed by atoms with van der Waals surface area (Å²) in [5.41, 5.74) is -0.291. The van der Waals surface area contributed by atoms with Gasteiger partial charge in [-0.25, -0.2) is 4.79 Å². The number of carbonyl (C=O) groups is 1. The van der Waals surface area contributed by atoms with Crippen LogP contribution in [0.2, 0.25) is 0 Å². The van der Waals surface area contributed by atoms with Gasteiger partial charge in [0.05, 0.1) is 24.7 Å². The van der Waals surface area contributed by atoms with Crippen molar-refractivity contribution in [2.24, 2.45) is 0 Å². The predicted octanol–water partition coefficient (Wildman–Crippen LogP) is 5.25. The number of amides is 1. The molecule has 2 saturated carbocycles. The molecule has 2 aliphatic rings. The maximum atomic E-state index is 12.2. The van der Waals surface area contributed by atoms with Crippen molar-refractivity contribution in [1.29, 1.82) is 5.26 Å². The van der Waals surface area contributed by atoms with Crippen molar-refractivity contribution in [1.82, 2.24) is 5.32 Å². The Morgan fingerprint density at radius 3 is 2.53 bits per heavy atom. The highest BCUT2D eigenvalue weighted by atomic mass is 16.6. The summed E-state index contributed by atoms with van der Waals surface area (Å²) in [5, 5.41) is 13.1. The van der Waals surface area contributed by atoms with Gasteiger partial charge in [-0.15, -0.1) is 0 Å². The van der Waals surface area contributed by atoms with Crippen molar-refractivity contribution in [3.8, 4) is 17.6 Å². The van der Waals surface area contributed by atoms with E-state index in [1.165, 1.54) is 12.8 Å². The summed E-state index contributed by atoms with van der Waals surface area (Å²) in [6, 6.07) is 8.27. The molecular weight excluding hydrogens is 380 g/mol. The van der Waals surface area contributed by atoms with Gasteiger partial charge in [0.2, 0.25) is 0 Å². The van der Waals surface area contributed by atoms with Crippen LogP contribution in [0.5, 0.6) is 11.5 Å². The van der Waals surface area contributed by atoms with Gasteiger partial charge in [0, 0.05) is 6.04 Å². The van der Waals surface area contributed by atoms with E-state index in [1.54, 1.807) is 7.11 Å². The zero-order valence-corrected chi connectivity index (χ0v) is 18.6.